The van der Waals surface area contributed by atoms with Crippen LogP contribution in [0.15, 0.2) is 77.4 Å². The monoisotopic (exact) mass is 525 g/mol. The minimum atomic E-state index is -0.466. The molecule has 39 heavy (non-hydrogen) atoms. The molecule has 7 nitrogen and oxygen atoms in total. The summed E-state index contributed by atoms with van der Waals surface area (Å²) in [6, 6.07) is 19.6. The lowest BCUT2D eigenvalue weighted by atomic mass is 9.87. The van der Waals surface area contributed by atoms with Crippen molar-refractivity contribution in [2.24, 2.45) is 5.92 Å². The highest BCUT2D eigenvalue weighted by molar-refractivity contribution is 6.02. The van der Waals surface area contributed by atoms with Crippen LogP contribution in [0.1, 0.15) is 57.5 Å². The number of aromatic nitrogens is 1. The van der Waals surface area contributed by atoms with Gasteiger partial charge in [-0.3, -0.25) is 9.59 Å². The highest BCUT2D eigenvalue weighted by Gasteiger charge is 2.39. The lowest BCUT2D eigenvalue weighted by molar-refractivity contribution is -0.134. The molecule has 0 radical (unpaired) electrons. The smallest absolute Gasteiger partial charge is 0.277 e. The zero-order valence-electron chi connectivity index (χ0n) is 21.5. The number of benzene rings is 3. The number of anilines is 1. The van der Waals surface area contributed by atoms with E-state index in [1.54, 1.807) is 0 Å². The molecule has 1 saturated carbocycles. The van der Waals surface area contributed by atoms with Crippen LogP contribution in [0.2, 0.25) is 0 Å². The van der Waals surface area contributed by atoms with Gasteiger partial charge in [-0.1, -0.05) is 35.9 Å². The highest BCUT2D eigenvalue weighted by Crippen LogP contribution is 2.41. The number of hydrogen-bond acceptors (Lipinski definition) is 5. The fourth-order valence-corrected chi connectivity index (χ4v) is 4.95. The summed E-state index contributed by atoms with van der Waals surface area (Å²) < 4.78 is 24.6. The van der Waals surface area contributed by atoms with Gasteiger partial charge in [0.25, 0.3) is 5.91 Å². The maximum absolute atomic E-state index is 13.2. The van der Waals surface area contributed by atoms with Crippen molar-refractivity contribution in [3.05, 3.63) is 113 Å². The molecule has 2 heterocycles. The molecule has 1 N–H and O–H groups in total. The van der Waals surface area contributed by atoms with E-state index in [0.29, 0.717) is 18.0 Å². The van der Waals surface area contributed by atoms with Gasteiger partial charge in [-0.15, -0.1) is 0 Å². The minimum absolute atomic E-state index is 0.0303. The second-order valence-electron chi connectivity index (χ2n) is 10.1. The van der Waals surface area contributed by atoms with E-state index in [1.165, 1.54) is 41.7 Å². The van der Waals surface area contributed by atoms with Gasteiger partial charge in [0.05, 0.1) is 6.04 Å². The summed E-state index contributed by atoms with van der Waals surface area (Å²) >= 11 is 0. The molecule has 1 atom stereocenters. The van der Waals surface area contributed by atoms with E-state index in [4.69, 9.17) is 9.15 Å². The number of nitrogens with zero attached hydrogens (tertiary/aromatic N) is 2. The fourth-order valence-electron chi connectivity index (χ4n) is 4.95. The van der Waals surface area contributed by atoms with Gasteiger partial charge in [0.1, 0.15) is 17.8 Å². The summed E-state index contributed by atoms with van der Waals surface area (Å²) in [5.74, 6) is 0.386. The Kier molecular flexibility index (Phi) is 6.60. The number of hydrogen-bond donors (Lipinski definition) is 1. The van der Waals surface area contributed by atoms with Gasteiger partial charge < -0.3 is 19.4 Å². The lowest BCUT2D eigenvalue weighted by Gasteiger charge is -2.38. The second kappa shape index (κ2) is 10.4. The molecule has 6 rings (SSSR count). The van der Waals surface area contributed by atoms with Gasteiger partial charge in [0.2, 0.25) is 11.8 Å². The Morgan fingerprint density at radius 1 is 1.08 bits per heavy atom. The Hall–Kier alpha value is -4.46. The van der Waals surface area contributed by atoms with Crippen molar-refractivity contribution in [3.63, 3.8) is 0 Å². The van der Waals surface area contributed by atoms with Crippen LogP contribution in [0, 0.1) is 18.7 Å². The number of carbonyl (C=O) groups excluding carboxylic acids is 2. The predicted molar refractivity (Wildman–Crippen MR) is 143 cm³/mol. The van der Waals surface area contributed by atoms with Gasteiger partial charge >= 0.3 is 0 Å². The summed E-state index contributed by atoms with van der Waals surface area (Å²) in [6.45, 7) is 2.78. The van der Waals surface area contributed by atoms with Gasteiger partial charge in [-0.2, -0.15) is 0 Å². The number of fused-ring (bicyclic) bond motifs is 1. The van der Waals surface area contributed by atoms with Gasteiger partial charge in [0.15, 0.2) is 12.3 Å². The van der Waals surface area contributed by atoms with Crippen LogP contribution in [0.25, 0.3) is 0 Å². The van der Waals surface area contributed by atoms with Gasteiger partial charge in [0, 0.05) is 18.2 Å². The van der Waals surface area contributed by atoms with E-state index in [-0.39, 0.29) is 41.9 Å². The number of amides is 2. The molecule has 4 aromatic rings. The fraction of sp³-hybridized carbons (Fsp3) is 0.258. The SMILES string of the molecule is Cc1ccc(C2c3cc(OCc4nc(C(=O)Nc5ccc(F)cc5)co4)ccc3CCN2C(=O)C2CC2)cc1. The number of rotatable bonds is 7. The molecule has 2 amide bonds. The third-order valence-corrected chi connectivity index (χ3v) is 7.20. The van der Waals surface area contributed by atoms with Gasteiger partial charge in [-0.05, 0) is 79.3 Å². The van der Waals surface area contributed by atoms with Crippen LogP contribution in [0.3, 0.4) is 0 Å². The van der Waals surface area contributed by atoms with Crippen LogP contribution >= 0.6 is 0 Å². The average molecular weight is 526 g/mol. The summed E-state index contributed by atoms with van der Waals surface area (Å²) in [7, 11) is 0. The molecule has 198 valence electrons. The zero-order chi connectivity index (χ0) is 26.9. The molecule has 0 saturated heterocycles. The lowest BCUT2D eigenvalue weighted by Crippen LogP contribution is -2.41. The maximum atomic E-state index is 13.2. The van der Waals surface area contributed by atoms with Crippen molar-refractivity contribution in [2.45, 2.75) is 38.8 Å². The maximum Gasteiger partial charge on any atom is 0.277 e. The van der Waals surface area contributed by atoms with Crippen LogP contribution < -0.4 is 10.1 Å². The molecule has 1 aliphatic heterocycles. The Labute approximate surface area is 225 Å². The third-order valence-electron chi connectivity index (χ3n) is 7.20. The Morgan fingerprint density at radius 2 is 1.85 bits per heavy atom. The zero-order valence-corrected chi connectivity index (χ0v) is 21.5. The third kappa shape index (κ3) is 5.41. The first-order valence-electron chi connectivity index (χ1n) is 13.1. The minimum Gasteiger partial charge on any atom is -0.484 e. The number of oxazole rings is 1. The average Bonchev–Trinajstić information content (AvgIpc) is 3.69. The first-order valence-corrected chi connectivity index (χ1v) is 13.1. The van der Waals surface area contributed by atoms with Crippen molar-refractivity contribution in [1.82, 2.24) is 9.88 Å². The molecule has 1 unspecified atom stereocenters. The molecule has 8 heteroatoms. The predicted octanol–water partition coefficient (Wildman–Crippen LogP) is 5.84. The van der Waals surface area contributed by atoms with Crippen LogP contribution in [-0.4, -0.2) is 28.2 Å². The van der Waals surface area contributed by atoms with Crippen molar-refractivity contribution >= 4 is 17.5 Å². The van der Waals surface area contributed by atoms with Gasteiger partial charge in [-0.25, -0.2) is 9.37 Å². The summed E-state index contributed by atoms with van der Waals surface area (Å²) in [6.07, 6.45) is 3.99. The van der Waals surface area contributed by atoms with Crippen LogP contribution in [0.4, 0.5) is 10.1 Å². The first-order chi connectivity index (χ1) is 18.9. The van der Waals surface area contributed by atoms with Crippen molar-refractivity contribution in [1.29, 1.82) is 0 Å². The Balaban J connectivity index is 1.19. The number of aryl methyl sites for hydroxylation is 1. The van der Waals surface area contributed by atoms with Crippen LogP contribution in [0.5, 0.6) is 5.75 Å². The van der Waals surface area contributed by atoms with E-state index in [2.05, 4.69) is 47.6 Å². The van der Waals surface area contributed by atoms with E-state index in [0.717, 1.165) is 30.4 Å². The molecular formula is C31H28FN3O4. The molecule has 3 aromatic carbocycles. The largest absolute Gasteiger partial charge is 0.484 e. The van der Waals surface area contributed by atoms with Crippen molar-refractivity contribution in [2.75, 3.05) is 11.9 Å². The summed E-state index contributed by atoms with van der Waals surface area (Å²) in [5.41, 5.74) is 5.05. The number of halogens is 1. The number of nitrogens with one attached hydrogen (secondary N) is 1. The highest BCUT2D eigenvalue weighted by atomic mass is 19.1. The van der Waals surface area contributed by atoms with E-state index in [9.17, 15) is 14.0 Å². The Morgan fingerprint density at radius 3 is 2.59 bits per heavy atom. The molecule has 1 fully saturated rings. The second-order valence-corrected chi connectivity index (χ2v) is 10.1. The molecule has 1 aliphatic carbocycles. The van der Waals surface area contributed by atoms with Crippen molar-refractivity contribution < 1.29 is 23.1 Å². The number of ether oxygens (including phenoxy) is 1. The standard InChI is InChI=1S/C31H28FN3O4/c1-19-2-4-21(5-3-19)29-26-16-25(13-8-20(26)14-15-35(29)31(37)22-6-7-22)38-18-28-34-27(17-39-28)30(36)33-24-11-9-23(32)10-12-24/h2-5,8-13,16-17,22,29H,6-7,14-15,18H2,1H3,(H,33,36). The van der Waals surface area contributed by atoms with Crippen molar-refractivity contribution in [3.8, 4) is 5.75 Å². The summed E-state index contributed by atoms with van der Waals surface area (Å²) in [5, 5.41) is 2.65. The van der Waals surface area contributed by atoms with Crippen LogP contribution in [-0.2, 0) is 17.8 Å². The molecular weight excluding hydrogens is 497 g/mol. The molecule has 0 spiro atoms. The van der Waals surface area contributed by atoms with E-state index < -0.39 is 5.91 Å². The Bertz CT molecular complexity index is 1510. The quantitative estimate of drug-likeness (QED) is 0.328. The normalized spacial score (nSPS) is 16.5. The first kappa shape index (κ1) is 24.9. The summed E-state index contributed by atoms with van der Waals surface area (Å²) in [4.78, 5) is 32.0. The molecule has 0 bridgehead atoms. The topological polar surface area (TPSA) is 84.7 Å². The number of carbonyl (C=O) groups is 2. The van der Waals surface area contributed by atoms with E-state index >= 15 is 0 Å². The molecule has 2 aliphatic rings. The van der Waals surface area contributed by atoms with E-state index in [1.807, 2.05) is 17.0 Å². The molecule has 1 aromatic heterocycles.